The minimum Gasteiger partial charge on any atom is -0.411 e. The summed E-state index contributed by atoms with van der Waals surface area (Å²) in [7, 11) is 0. The lowest BCUT2D eigenvalue weighted by atomic mass is 10.1. The van der Waals surface area contributed by atoms with Crippen LogP contribution >= 0.6 is 11.8 Å². The van der Waals surface area contributed by atoms with Crippen molar-refractivity contribution in [1.29, 1.82) is 5.26 Å². The molecule has 0 fully saturated rings. The van der Waals surface area contributed by atoms with Gasteiger partial charge >= 0.3 is 0 Å². The standard InChI is InChI=1S/C16H10FN3OS/c17-14-8-4-3-7-13(14)15-19-20-16(21-15)22-10-12-6-2-1-5-11(12)9-18/h1-8H,10H2. The van der Waals surface area contributed by atoms with Crippen LogP contribution in [0.25, 0.3) is 11.5 Å². The molecule has 108 valence electrons. The summed E-state index contributed by atoms with van der Waals surface area (Å²) in [5, 5.41) is 17.1. The Morgan fingerprint density at radius 2 is 1.86 bits per heavy atom. The largest absolute Gasteiger partial charge is 0.411 e. The maximum absolute atomic E-state index is 13.7. The van der Waals surface area contributed by atoms with Gasteiger partial charge in [0.15, 0.2) is 0 Å². The van der Waals surface area contributed by atoms with Gasteiger partial charge in [-0.15, -0.1) is 10.2 Å². The van der Waals surface area contributed by atoms with E-state index < -0.39 is 5.82 Å². The van der Waals surface area contributed by atoms with Gasteiger partial charge in [0, 0.05) is 5.75 Å². The van der Waals surface area contributed by atoms with Gasteiger partial charge in [-0.25, -0.2) is 4.39 Å². The average Bonchev–Trinajstić information content (AvgIpc) is 3.02. The van der Waals surface area contributed by atoms with Crippen LogP contribution in [0.3, 0.4) is 0 Å². The molecule has 2 aromatic carbocycles. The van der Waals surface area contributed by atoms with Crippen molar-refractivity contribution < 1.29 is 8.81 Å². The van der Waals surface area contributed by atoms with E-state index in [1.807, 2.05) is 18.2 Å². The van der Waals surface area contributed by atoms with Gasteiger partial charge in [-0.3, -0.25) is 0 Å². The second kappa shape index (κ2) is 6.41. The molecule has 3 rings (SSSR count). The van der Waals surface area contributed by atoms with E-state index in [0.717, 1.165) is 5.56 Å². The van der Waals surface area contributed by atoms with Crippen molar-refractivity contribution in [2.75, 3.05) is 0 Å². The lowest BCUT2D eigenvalue weighted by molar-refractivity contribution is 0.463. The molecule has 0 spiro atoms. The Labute approximate surface area is 130 Å². The first-order chi connectivity index (χ1) is 10.8. The van der Waals surface area contributed by atoms with E-state index in [4.69, 9.17) is 9.68 Å². The van der Waals surface area contributed by atoms with Crippen molar-refractivity contribution in [3.8, 4) is 17.5 Å². The molecular weight excluding hydrogens is 301 g/mol. The summed E-state index contributed by atoms with van der Waals surface area (Å²) in [6.45, 7) is 0. The van der Waals surface area contributed by atoms with Gasteiger partial charge in [0.1, 0.15) is 5.82 Å². The summed E-state index contributed by atoms with van der Waals surface area (Å²) >= 11 is 1.31. The number of nitrogens with zero attached hydrogens (tertiary/aromatic N) is 3. The molecule has 3 aromatic rings. The Hall–Kier alpha value is -2.65. The fraction of sp³-hybridized carbons (Fsp3) is 0.0625. The van der Waals surface area contributed by atoms with Gasteiger partial charge in [-0.05, 0) is 23.8 Å². The lowest BCUT2D eigenvalue weighted by Crippen LogP contribution is -1.86. The molecule has 0 N–H and O–H groups in total. The Balaban J connectivity index is 1.76. The maximum atomic E-state index is 13.7. The topological polar surface area (TPSA) is 62.7 Å². The fourth-order valence-corrected chi connectivity index (χ4v) is 2.67. The van der Waals surface area contributed by atoms with Crippen LogP contribution in [0.15, 0.2) is 58.2 Å². The van der Waals surface area contributed by atoms with Crippen molar-refractivity contribution in [3.63, 3.8) is 0 Å². The minimum atomic E-state index is -0.405. The molecule has 1 aromatic heterocycles. The molecule has 4 nitrogen and oxygen atoms in total. The van der Waals surface area contributed by atoms with E-state index >= 15 is 0 Å². The first-order valence-corrected chi connectivity index (χ1v) is 7.45. The average molecular weight is 311 g/mol. The van der Waals surface area contributed by atoms with Gasteiger partial charge in [-0.1, -0.05) is 42.1 Å². The van der Waals surface area contributed by atoms with E-state index in [1.54, 1.807) is 24.3 Å². The molecule has 0 saturated carbocycles. The maximum Gasteiger partial charge on any atom is 0.277 e. The first-order valence-electron chi connectivity index (χ1n) is 6.47. The predicted molar refractivity (Wildman–Crippen MR) is 80.4 cm³/mol. The first kappa shape index (κ1) is 14.3. The smallest absolute Gasteiger partial charge is 0.277 e. The lowest BCUT2D eigenvalue weighted by Gasteiger charge is -2.00. The van der Waals surface area contributed by atoms with Crippen LogP contribution in [0, 0.1) is 17.1 Å². The van der Waals surface area contributed by atoms with E-state index in [2.05, 4.69) is 16.3 Å². The van der Waals surface area contributed by atoms with Crippen LogP contribution in [0.1, 0.15) is 11.1 Å². The third-order valence-corrected chi connectivity index (χ3v) is 3.87. The van der Waals surface area contributed by atoms with Gasteiger partial charge in [0.25, 0.3) is 11.1 Å². The molecule has 0 bridgehead atoms. The summed E-state index contributed by atoms with van der Waals surface area (Å²) in [5.74, 6) is 0.273. The molecule has 0 aliphatic heterocycles. The second-order valence-electron chi connectivity index (χ2n) is 4.41. The van der Waals surface area contributed by atoms with Crippen LogP contribution in [0.5, 0.6) is 0 Å². The molecule has 0 unspecified atom stereocenters. The number of benzene rings is 2. The molecule has 22 heavy (non-hydrogen) atoms. The highest BCUT2D eigenvalue weighted by Crippen LogP contribution is 2.27. The zero-order valence-corrected chi connectivity index (χ0v) is 12.2. The zero-order valence-electron chi connectivity index (χ0n) is 11.4. The molecule has 0 radical (unpaired) electrons. The Morgan fingerprint density at radius 3 is 2.68 bits per heavy atom. The minimum absolute atomic E-state index is 0.147. The second-order valence-corrected chi connectivity index (χ2v) is 5.34. The molecule has 0 amide bonds. The van der Waals surface area contributed by atoms with Crippen LogP contribution < -0.4 is 0 Å². The molecular formula is C16H10FN3OS. The van der Waals surface area contributed by atoms with E-state index in [1.165, 1.54) is 17.8 Å². The number of hydrogen-bond acceptors (Lipinski definition) is 5. The third kappa shape index (κ3) is 3.00. The van der Waals surface area contributed by atoms with Crippen molar-refractivity contribution in [2.24, 2.45) is 0 Å². The number of rotatable bonds is 4. The summed E-state index contributed by atoms with van der Waals surface area (Å²) in [6.07, 6.45) is 0. The van der Waals surface area contributed by atoms with Crippen LogP contribution in [0.4, 0.5) is 4.39 Å². The Kier molecular flexibility index (Phi) is 4.17. The van der Waals surface area contributed by atoms with Crippen molar-refractivity contribution in [2.45, 2.75) is 11.0 Å². The fourth-order valence-electron chi connectivity index (χ4n) is 1.91. The van der Waals surface area contributed by atoms with E-state index in [0.29, 0.717) is 16.5 Å². The van der Waals surface area contributed by atoms with Crippen LogP contribution in [-0.2, 0) is 5.75 Å². The molecule has 0 atom stereocenters. The van der Waals surface area contributed by atoms with E-state index in [9.17, 15) is 4.39 Å². The number of hydrogen-bond donors (Lipinski definition) is 0. The molecule has 1 heterocycles. The van der Waals surface area contributed by atoms with Crippen molar-refractivity contribution in [3.05, 3.63) is 65.5 Å². The third-order valence-electron chi connectivity index (χ3n) is 3.00. The highest BCUT2D eigenvalue weighted by molar-refractivity contribution is 7.98. The van der Waals surface area contributed by atoms with Crippen molar-refractivity contribution in [1.82, 2.24) is 10.2 Å². The zero-order chi connectivity index (χ0) is 15.4. The monoisotopic (exact) mass is 311 g/mol. The predicted octanol–water partition coefficient (Wildman–Crippen LogP) is 4.04. The van der Waals surface area contributed by atoms with Gasteiger partial charge in [-0.2, -0.15) is 5.26 Å². The highest BCUT2D eigenvalue weighted by atomic mass is 32.2. The molecule has 0 aliphatic carbocycles. The quantitative estimate of drug-likeness (QED) is 0.680. The van der Waals surface area contributed by atoms with Gasteiger partial charge in [0.2, 0.25) is 0 Å². The number of nitriles is 1. The number of aromatic nitrogens is 2. The molecule has 6 heteroatoms. The number of halogens is 1. The Bertz CT molecular complexity index is 841. The Morgan fingerprint density at radius 1 is 1.09 bits per heavy atom. The molecule has 0 saturated heterocycles. The van der Waals surface area contributed by atoms with Crippen LogP contribution in [-0.4, -0.2) is 10.2 Å². The van der Waals surface area contributed by atoms with Gasteiger partial charge < -0.3 is 4.42 Å². The molecule has 0 aliphatic rings. The normalized spacial score (nSPS) is 10.4. The summed E-state index contributed by atoms with van der Waals surface area (Å²) < 4.78 is 19.1. The number of thioether (sulfide) groups is 1. The summed E-state index contributed by atoms with van der Waals surface area (Å²) in [4.78, 5) is 0. The van der Waals surface area contributed by atoms with Gasteiger partial charge in [0.05, 0.1) is 17.2 Å². The SMILES string of the molecule is N#Cc1ccccc1CSc1nnc(-c2ccccc2F)o1. The van der Waals surface area contributed by atoms with Crippen molar-refractivity contribution >= 4 is 11.8 Å². The summed E-state index contributed by atoms with van der Waals surface area (Å²) in [5.41, 5.74) is 1.78. The highest BCUT2D eigenvalue weighted by Gasteiger charge is 2.13. The van der Waals surface area contributed by atoms with E-state index in [-0.39, 0.29) is 11.5 Å². The van der Waals surface area contributed by atoms with Crippen LogP contribution in [0.2, 0.25) is 0 Å². The summed E-state index contributed by atoms with van der Waals surface area (Å²) in [6, 6.07) is 15.7.